The van der Waals surface area contributed by atoms with Crippen LogP contribution in [0.1, 0.15) is 412 Å². The number of hydrogen-bond acceptors (Lipinski definition) is 5. The van der Waals surface area contributed by atoms with Crippen LogP contribution in [-0.2, 0) is 19.1 Å². The molecule has 0 aromatic rings. The van der Waals surface area contributed by atoms with E-state index in [0.717, 1.165) is 44.9 Å². The van der Waals surface area contributed by atoms with Crippen molar-refractivity contribution in [2.24, 2.45) is 0 Å². The van der Waals surface area contributed by atoms with Crippen molar-refractivity contribution in [2.45, 2.75) is 418 Å². The van der Waals surface area contributed by atoms with Crippen LogP contribution in [0.4, 0.5) is 0 Å². The Hall–Kier alpha value is -1.88. The van der Waals surface area contributed by atoms with Gasteiger partial charge >= 0.3 is 11.9 Å². The van der Waals surface area contributed by atoms with E-state index in [1.54, 1.807) is 0 Å². The SMILES string of the molecule is CCCCCCC/C=C\C/C=C\C/C=C\CCCCCCCCCCCCCCCCCCCCC(=O)OC(CO)COC(=O)CCCCCCCCCCCCCCCCCCCCCCCCCCCCCCCCCCC. The number of aliphatic hydroxyl groups excluding tert-OH is 1. The zero-order valence-corrected chi connectivity index (χ0v) is 54.4. The molecule has 0 saturated carbocycles. The zero-order valence-electron chi connectivity index (χ0n) is 54.4. The van der Waals surface area contributed by atoms with Gasteiger partial charge in [-0.1, -0.05) is 384 Å². The third-order valence-corrected chi connectivity index (χ3v) is 16.9. The Morgan fingerprint density at radius 2 is 0.500 bits per heavy atom. The summed E-state index contributed by atoms with van der Waals surface area (Å²) in [6.07, 6.45) is 94.9. The van der Waals surface area contributed by atoms with Crippen molar-refractivity contribution >= 4 is 11.9 Å². The number of hydrogen-bond donors (Lipinski definition) is 1. The lowest BCUT2D eigenvalue weighted by Gasteiger charge is -2.15. The molecule has 0 saturated heterocycles. The molecular weight excluding hydrogens is 981 g/mol. The molecule has 1 N–H and O–H groups in total. The minimum Gasteiger partial charge on any atom is -0.462 e. The number of esters is 2. The lowest BCUT2D eigenvalue weighted by molar-refractivity contribution is -0.161. The standard InChI is InChI=1S/C75H142O5/c1-3-5-7-9-11-13-15-17-19-21-23-25-27-29-31-33-35-37-39-41-43-45-47-49-51-53-55-57-59-61-63-65-67-69-74(77)79-72-73(71-76)80-75(78)70-68-66-64-62-60-58-56-54-52-50-48-46-44-42-40-38-36-34-32-30-28-26-24-22-20-18-16-14-12-10-8-6-4-2/h16,18,22,24,28,30,73,76H,3-15,17,19-21,23,25-27,29,31-72H2,1-2H3/b18-16-,24-22-,30-28-. The predicted molar refractivity (Wildman–Crippen MR) is 353 cm³/mol. The van der Waals surface area contributed by atoms with Gasteiger partial charge in [-0.2, -0.15) is 0 Å². The molecule has 1 unspecified atom stereocenters. The van der Waals surface area contributed by atoms with Crippen molar-refractivity contribution in [3.8, 4) is 0 Å². The first-order valence-corrected chi connectivity index (χ1v) is 36.5. The molecule has 0 heterocycles. The Bertz CT molecular complexity index is 1270. The fourth-order valence-electron chi connectivity index (χ4n) is 11.5. The van der Waals surface area contributed by atoms with E-state index < -0.39 is 6.10 Å². The molecule has 0 rings (SSSR count). The van der Waals surface area contributed by atoms with Crippen LogP contribution in [-0.4, -0.2) is 36.4 Å². The highest BCUT2D eigenvalue weighted by molar-refractivity contribution is 5.70. The maximum Gasteiger partial charge on any atom is 0.306 e. The summed E-state index contributed by atoms with van der Waals surface area (Å²) in [6.45, 7) is 4.20. The summed E-state index contributed by atoms with van der Waals surface area (Å²) in [5.41, 5.74) is 0. The summed E-state index contributed by atoms with van der Waals surface area (Å²) < 4.78 is 10.8. The number of carbonyl (C=O) groups is 2. The van der Waals surface area contributed by atoms with Gasteiger partial charge in [-0.05, 0) is 51.4 Å². The fourth-order valence-corrected chi connectivity index (χ4v) is 11.5. The molecule has 0 aliphatic heterocycles. The van der Waals surface area contributed by atoms with E-state index in [1.165, 1.54) is 340 Å². The molecule has 0 radical (unpaired) electrons. The molecule has 0 aromatic heterocycles. The maximum absolute atomic E-state index is 12.4. The number of unbranched alkanes of at least 4 members (excludes halogenated alkanes) is 55. The molecule has 0 aromatic carbocycles. The Balaban J connectivity index is 3.38. The molecule has 1 atom stereocenters. The lowest BCUT2D eigenvalue weighted by atomic mass is 10.0. The first-order valence-electron chi connectivity index (χ1n) is 36.5. The average Bonchev–Trinajstić information content (AvgIpc) is 3.46. The molecule has 0 amide bonds. The predicted octanol–water partition coefficient (Wildman–Crippen LogP) is 25.3. The summed E-state index contributed by atoms with van der Waals surface area (Å²) in [5.74, 6) is -0.565. The molecule has 0 bridgehead atoms. The van der Waals surface area contributed by atoms with Gasteiger partial charge in [0, 0.05) is 12.8 Å². The zero-order chi connectivity index (χ0) is 57.6. The molecule has 0 aliphatic carbocycles. The van der Waals surface area contributed by atoms with Gasteiger partial charge in [0.05, 0.1) is 6.61 Å². The molecule has 472 valence electrons. The van der Waals surface area contributed by atoms with Crippen LogP contribution in [0.2, 0.25) is 0 Å². The van der Waals surface area contributed by atoms with Gasteiger partial charge < -0.3 is 14.6 Å². The quantitative estimate of drug-likeness (QED) is 0.0373. The highest BCUT2D eigenvalue weighted by Crippen LogP contribution is 2.19. The number of ether oxygens (including phenoxy) is 2. The summed E-state index contributed by atoms with van der Waals surface area (Å²) in [5, 5.41) is 9.71. The van der Waals surface area contributed by atoms with Crippen LogP contribution >= 0.6 is 0 Å². The fraction of sp³-hybridized carbons (Fsp3) is 0.893. The summed E-state index contributed by atoms with van der Waals surface area (Å²) >= 11 is 0. The summed E-state index contributed by atoms with van der Waals surface area (Å²) in [4.78, 5) is 24.7. The van der Waals surface area contributed by atoms with Gasteiger partial charge in [-0.3, -0.25) is 9.59 Å². The van der Waals surface area contributed by atoms with E-state index in [2.05, 4.69) is 50.3 Å². The Morgan fingerprint density at radius 3 is 0.750 bits per heavy atom. The Kier molecular flexibility index (Phi) is 69.7. The van der Waals surface area contributed by atoms with Crippen LogP contribution in [0.25, 0.3) is 0 Å². The van der Waals surface area contributed by atoms with Crippen molar-refractivity contribution in [2.75, 3.05) is 13.2 Å². The van der Waals surface area contributed by atoms with E-state index in [9.17, 15) is 14.7 Å². The van der Waals surface area contributed by atoms with Gasteiger partial charge in [0.15, 0.2) is 6.10 Å². The topological polar surface area (TPSA) is 72.8 Å². The number of carbonyl (C=O) groups excluding carboxylic acids is 2. The second-order valence-electron chi connectivity index (χ2n) is 25.0. The van der Waals surface area contributed by atoms with Crippen LogP contribution in [0.15, 0.2) is 36.5 Å². The minimum absolute atomic E-state index is 0.0589. The number of aliphatic hydroxyl groups is 1. The van der Waals surface area contributed by atoms with Gasteiger partial charge in [0.2, 0.25) is 0 Å². The monoisotopic (exact) mass is 1120 g/mol. The average molecular weight is 1120 g/mol. The molecule has 80 heavy (non-hydrogen) atoms. The molecule has 0 aliphatic rings. The van der Waals surface area contributed by atoms with E-state index >= 15 is 0 Å². The van der Waals surface area contributed by atoms with E-state index in [4.69, 9.17) is 9.47 Å². The van der Waals surface area contributed by atoms with E-state index in [1.807, 2.05) is 0 Å². The lowest BCUT2D eigenvalue weighted by Crippen LogP contribution is -2.28. The molecule has 0 fully saturated rings. The van der Waals surface area contributed by atoms with Crippen molar-refractivity contribution in [1.29, 1.82) is 0 Å². The third-order valence-electron chi connectivity index (χ3n) is 16.9. The van der Waals surface area contributed by atoms with E-state index in [-0.39, 0.29) is 25.2 Å². The molecule has 0 spiro atoms. The van der Waals surface area contributed by atoms with Gasteiger partial charge in [0.1, 0.15) is 6.61 Å². The second-order valence-corrected chi connectivity index (χ2v) is 25.0. The minimum atomic E-state index is -0.770. The summed E-state index contributed by atoms with van der Waals surface area (Å²) in [7, 11) is 0. The van der Waals surface area contributed by atoms with Crippen LogP contribution in [0.5, 0.6) is 0 Å². The van der Waals surface area contributed by atoms with Gasteiger partial charge in [-0.15, -0.1) is 0 Å². The van der Waals surface area contributed by atoms with Crippen molar-refractivity contribution < 1.29 is 24.2 Å². The third kappa shape index (κ3) is 68.6. The van der Waals surface area contributed by atoms with Crippen LogP contribution in [0.3, 0.4) is 0 Å². The van der Waals surface area contributed by atoms with E-state index in [0.29, 0.717) is 12.8 Å². The Labute approximate surface area is 501 Å². The summed E-state index contributed by atoms with van der Waals surface area (Å²) in [6, 6.07) is 0. The second kappa shape index (κ2) is 71.4. The maximum atomic E-state index is 12.4. The van der Waals surface area contributed by atoms with Crippen molar-refractivity contribution in [3.63, 3.8) is 0 Å². The van der Waals surface area contributed by atoms with Crippen molar-refractivity contribution in [1.82, 2.24) is 0 Å². The Morgan fingerprint density at radius 1 is 0.287 bits per heavy atom. The van der Waals surface area contributed by atoms with Crippen LogP contribution in [0, 0.1) is 0 Å². The molecule has 5 heteroatoms. The first kappa shape index (κ1) is 78.1. The van der Waals surface area contributed by atoms with Gasteiger partial charge in [0.25, 0.3) is 0 Å². The van der Waals surface area contributed by atoms with Crippen molar-refractivity contribution in [3.05, 3.63) is 36.5 Å². The normalized spacial score (nSPS) is 12.3. The smallest absolute Gasteiger partial charge is 0.306 e. The number of allylic oxidation sites excluding steroid dienone is 6. The largest absolute Gasteiger partial charge is 0.462 e. The first-order chi connectivity index (χ1) is 39.6. The van der Waals surface area contributed by atoms with Crippen LogP contribution < -0.4 is 0 Å². The highest BCUT2D eigenvalue weighted by Gasteiger charge is 2.16. The van der Waals surface area contributed by atoms with Gasteiger partial charge in [-0.25, -0.2) is 0 Å². The highest BCUT2D eigenvalue weighted by atomic mass is 16.6. The molecular formula is C75H142O5. The molecule has 5 nitrogen and oxygen atoms in total. The number of rotatable bonds is 69.